The van der Waals surface area contributed by atoms with E-state index < -0.39 is 0 Å². The van der Waals surface area contributed by atoms with Crippen LogP contribution in [0.25, 0.3) is 0 Å². The summed E-state index contributed by atoms with van der Waals surface area (Å²) in [6.45, 7) is 3.24. The zero-order valence-corrected chi connectivity index (χ0v) is 11.6. The van der Waals surface area contributed by atoms with E-state index in [0.29, 0.717) is 4.47 Å². The van der Waals surface area contributed by atoms with Gasteiger partial charge in [-0.15, -0.1) is 0 Å². The summed E-state index contributed by atoms with van der Waals surface area (Å²) in [5.74, 6) is -0.233. The molecule has 1 unspecified atom stereocenters. The third-order valence-electron chi connectivity index (χ3n) is 2.73. The molecule has 0 aromatic heterocycles. The Morgan fingerprint density at radius 3 is 2.76 bits per heavy atom. The largest absolute Gasteiger partial charge is 0.396 e. The minimum atomic E-state index is -0.233. The molecule has 0 fully saturated rings. The van der Waals surface area contributed by atoms with Crippen molar-refractivity contribution in [2.24, 2.45) is 0 Å². The zero-order chi connectivity index (χ0) is 12.7. The van der Waals surface area contributed by atoms with E-state index >= 15 is 0 Å². The Labute approximate surface area is 110 Å². The molecule has 2 N–H and O–H groups in total. The fourth-order valence-electron chi connectivity index (χ4n) is 1.63. The van der Waals surface area contributed by atoms with Crippen LogP contribution < -0.4 is 5.32 Å². The Morgan fingerprint density at radius 2 is 2.12 bits per heavy atom. The van der Waals surface area contributed by atoms with Crippen molar-refractivity contribution in [2.45, 2.75) is 32.2 Å². The first-order chi connectivity index (χ1) is 8.15. The molecule has 96 valence electrons. The minimum Gasteiger partial charge on any atom is -0.396 e. The van der Waals surface area contributed by atoms with Gasteiger partial charge in [-0.2, -0.15) is 0 Å². The number of hydrogen-bond acceptors (Lipinski definition) is 2. The van der Waals surface area contributed by atoms with Crippen molar-refractivity contribution in [1.29, 1.82) is 0 Å². The van der Waals surface area contributed by atoms with E-state index in [1.54, 1.807) is 12.1 Å². The summed E-state index contributed by atoms with van der Waals surface area (Å²) in [4.78, 5) is 0. The summed E-state index contributed by atoms with van der Waals surface area (Å²) in [6.07, 6.45) is 2.94. The molecule has 0 aliphatic heterocycles. The highest BCUT2D eigenvalue weighted by Gasteiger charge is 2.07. The topological polar surface area (TPSA) is 32.3 Å². The smallest absolute Gasteiger partial charge is 0.137 e. The molecule has 17 heavy (non-hydrogen) atoms. The maximum Gasteiger partial charge on any atom is 0.137 e. The first-order valence-corrected chi connectivity index (χ1v) is 6.73. The molecule has 1 rings (SSSR count). The van der Waals surface area contributed by atoms with Crippen molar-refractivity contribution in [3.05, 3.63) is 34.1 Å². The van der Waals surface area contributed by atoms with Gasteiger partial charge in [0, 0.05) is 12.6 Å². The highest BCUT2D eigenvalue weighted by Crippen LogP contribution is 2.21. The second-order valence-electron chi connectivity index (χ2n) is 4.13. The maximum absolute atomic E-state index is 13.1. The van der Waals surface area contributed by atoms with Crippen molar-refractivity contribution in [2.75, 3.05) is 13.2 Å². The van der Waals surface area contributed by atoms with E-state index in [9.17, 15) is 4.39 Å². The van der Waals surface area contributed by atoms with Gasteiger partial charge in [-0.1, -0.05) is 6.07 Å². The molecule has 2 nitrogen and oxygen atoms in total. The lowest BCUT2D eigenvalue weighted by molar-refractivity contribution is 0.282. The van der Waals surface area contributed by atoms with Crippen LogP contribution in [0.4, 0.5) is 4.39 Å². The minimum absolute atomic E-state index is 0.209. The predicted octanol–water partition coefficient (Wildman–Crippen LogP) is 3.40. The van der Waals surface area contributed by atoms with Gasteiger partial charge in [-0.25, -0.2) is 4.39 Å². The summed E-state index contributed by atoms with van der Waals surface area (Å²) in [6, 6.07) is 5.29. The van der Waals surface area contributed by atoms with Gasteiger partial charge in [0.05, 0.1) is 4.47 Å². The molecular weight excluding hydrogens is 285 g/mol. The van der Waals surface area contributed by atoms with Crippen molar-refractivity contribution in [3.8, 4) is 0 Å². The van der Waals surface area contributed by atoms with Gasteiger partial charge < -0.3 is 10.4 Å². The van der Waals surface area contributed by atoms with Gasteiger partial charge in [-0.05, 0) is 66.4 Å². The van der Waals surface area contributed by atoms with Crippen LogP contribution in [0.5, 0.6) is 0 Å². The SMILES string of the molecule is CC(NCCCCCO)c1ccc(F)c(Br)c1. The third-order valence-corrected chi connectivity index (χ3v) is 3.34. The number of unbranched alkanes of at least 4 members (excludes halogenated alkanes) is 2. The lowest BCUT2D eigenvalue weighted by Crippen LogP contribution is -2.19. The summed E-state index contributed by atoms with van der Waals surface area (Å²) < 4.78 is 13.6. The lowest BCUT2D eigenvalue weighted by Gasteiger charge is -2.14. The molecular formula is C13H19BrFNO. The molecule has 1 aromatic carbocycles. The molecule has 4 heteroatoms. The third kappa shape index (κ3) is 5.15. The molecule has 0 spiro atoms. The highest BCUT2D eigenvalue weighted by atomic mass is 79.9. The van der Waals surface area contributed by atoms with Crippen LogP contribution in [0, 0.1) is 5.82 Å². The van der Waals surface area contributed by atoms with Gasteiger partial charge in [0.15, 0.2) is 0 Å². The number of halogens is 2. The Bertz CT molecular complexity index is 346. The average molecular weight is 304 g/mol. The lowest BCUT2D eigenvalue weighted by atomic mass is 10.1. The number of nitrogens with one attached hydrogen (secondary N) is 1. The molecule has 0 aliphatic carbocycles. The standard InChI is InChI=1S/C13H19BrFNO/c1-10(16-7-3-2-4-8-17)11-5-6-13(15)12(14)9-11/h5-6,9-10,16-17H,2-4,7-8H2,1H3. The molecule has 0 saturated heterocycles. The molecule has 0 aliphatic rings. The molecule has 0 heterocycles. The van der Waals surface area contributed by atoms with Gasteiger partial charge >= 0.3 is 0 Å². The second kappa shape index (κ2) is 7.80. The molecule has 0 bridgehead atoms. The van der Waals surface area contributed by atoms with Crippen molar-refractivity contribution in [1.82, 2.24) is 5.32 Å². The Hall–Kier alpha value is -0.450. The van der Waals surface area contributed by atoms with E-state index in [1.165, 1.54) is 6.07 Å². The van der Waals surface area contributed by atoms with E-state index in [0.717, 1.165) is 31.4 Å². The average Bonchev–Trinajstić information content (AvgIpc) is 2.32. The van der Waals surface area contributed by atoms with E-state index in [4.69, 9.17) is 5.11 Å². The quantitative estimate of drug-likeness (QED) is 0.757. The molecule has 0 amide bonds. The van der Waals surface area contributed by atoms with Crippen LogP contribution in [0.3, 0.4) is 0 Å². The van der Waals surface area contributed by atoms with Crippen molar-refractivity contribution in [3.63, 3.8) is 0 Å². The second-order valence-corrected chi connectivity index (χ2v) is 4.99. The van der Waals surface area contributed by atoms with E-state index in [-0.39, 0.29) is 18.5 Å². The Kier molecular flexibility index (Phi) is 6.70. The summed E-state index contributed by atoms with van der Waals surface area (Å²) in [7, 11) is 0. The van der Waals surface area contributed by atoms with Gasteiger partial charge in [0.2, 0.25) is 0 Å². The van der Waals surface area contributed by atoms with Crippen LogP contribution in [-0.4, -0.2) is 18.3 Å². The predicted molar refractivity (Wildman–Crippen MR) is 71.5 cm³/mol. The maximum atomic E-state index is 13.1. The molecule has 1 atom stereocenters. The highest BCUT2D eigenvalue weighted by molar-refractivity contribution is 9.10. The summed E-state index contributed by atoms with van der Waals surface area (Å²) in [5, 5.41) is 12.0. The van der Waals surface area contributed by atoms with Gasteiger partial charge in [0.25, 0.3) is 0 Å². The molecule has 0 saturated carbocycles. The van der Waals surface area contributed by atoms with Gasteiger partial charge in [0.1, 0.15) is 5.82 Å². The van der Waals surface area contributed by atoms with Crippen LogP contribution in [0.15, 0.2) is 22.7 Å². The van der Waals surface area contributed by atoms with Crippen LogP contribution in [-0.2, 0) is 0 Å². The zero-order valence-electron chi connectivity index (χ0n) is 10.0. The molecule has 1 aromatic rings. The first-order valence-electron chi connectivity index (χ1n) is 5.94. The normalized spacial score (nSPS) is 12.7. The first kappa shape index (κ1) is 14.6. The monoisotopic (exact) mass is 303 g/mol. The van der Waals surface area contributed by atoms with Crippen LogP contribution >= 0.6 is 15.9 Å². The fourth-order valence-corrected chi connectivity index (χ4v) is 2.03. The number of rotatable bonds is 7. The Morgan fingerprint density at radius 1 is 1.35 bits per heavy atom. The van der Waals surface area contributed by atoms with Crippen molar-refractivity contribution < 1.29 is 9.50 Å². The fraction of sp³-hybridized carbons (Fsp3) is 0.538. The molecule has 0 radical (unpaired) electrons. The van der Waals surface area contributed by atoms with Gasteiger partial charge in [-0.3, -0.25) is 0 Å². The van der Waals surface area contributed by atoms with Crippen molar-refractivity contribution >= 4 is 15.9 Å². The Balaban J connectivity index is 2.36. The van der Waals surface area contributed by atoms with Crippen LogP contribution in [0.2, 0.25) is 0 Å². The summed E-state index contributed by atoms with van der Waals surface area (Å²) >= 11 is 3.19. The summed E-state index contributed by atoms with van der Waals surface area (Å²) in [5.41, 5.74) is 1.07. The number of aliphatic hydroxyl groups is 1. The number of benzene rings is 1. The van der Waals surface area contributed by atoms with E-state index in [1.807, 2.05) is 0 Å². The number of hydrogen-bond donors (Lipinski definition) is 2. The van der Waals surface area contributed by atoms with E-state index in [2.05, 4.69) is 28.2 Å². The van der Waals surface area contributed by atoms with Crippen LogP contribution in [0.1, 0.15) is 37.8 Å². The number of aliphatic hydroxyl groups excluding tert-OH is 1.